The first-order valence-corrected chi connectivity index (χ1v) is 6.71. The summed E-state index contributed by atoms with van der Waals surface area (Å²) in [6.45, 7) is 8.24. The first-order chi connectivity index (χ1) is 9.45. The van der Waals surface area contributed by atoms with E-state index in [0.29, 0.717) is 25.6 Å². The highest BCUT2D eigenvalue weighted by atomic mass is 16.7. The van der Waals surface area contributed by atoms with Crippen molar-refractivity contribution in [3.8, 4) is 0 Å². The van der Waals surface area contributed by atoms with Crippen molar-refractivity contribution in [2.75, 3.05) is 46.4 Å². The van der Waals surface area contributed by atoms with Gasteiger partial charge in [0.25, 0.3) is 0 Å². The van der Waals surface area contributed by atoms with Gasteiger partial charge in [0, 0.05) is 5.41 Å². The normalized spacial score (nSPS) is 18.1. The Morgan fingerprint density at radius 1 is 1.10 bits per heavy atom. The third-order valence-electron chi connectivity index (χ3n) is 3.88. The number of hydrogen-bond acceptors (Lipinski definition) is 6. The monoisotopic (exact) mass is 292 g/mol. The number of hydrogen-bond donors (Lipinski definition) is 4. The molecular formula is C14H28O6. The van der Waals surface area contributed by atoms with Crippen LogP contribution in [0.4, 0.5) is 0 Å². The molecule has 1 aliphatic heterocycles. The van der Waals surface area contributed by atoms with Crippen molar-refractivity contribution in [1.29, 1.82) is 0 Å². The Balaban J connectivity index is 0.000000361. The van der Waals surface area contributed by atoms with Gasteiger partial charge in [-0.25, -0.2) is 0 Å². The Morgan fingerprint density at radius 3 is 1.70 bits per heavy atom. The van der Waals surface area contributed by atoms with E-state index in [0.717, 1.165) is 6.42 Å². The van der Waals surface area contributed by atoms with Crippen molar-refractivity contribution in [2.24, 2.45) is 10.8 Å². The predicted molar refractivity (Wildman–Crippen MR) is 75.1 cm³/mol. The van der Waals surface area contributed by atoms with Crippen molar-refractivity contribution >= 4 is 0 Å². The van der Waals surface area contributed by atoms with Gasteiger partial charge in [0.1, 0.15) is 6.79 Å². The summed E-state index contributed by atoms with van der Waals surface area (Å²) >= 11 is 0. The largest absolute Gasteiger partial charge is 0.396 e. The van der Waals surface area contributed by atoms with E-state index in [2.05, 4.69) is 6.58 Å². The molecule has 0 radical (unpaired) electrons. The van der Waals surface area contributed by atoms with E-state index in [1.807, 2.05) is 6.92 Å². The second kappa shape index (κ2) is 9.44. The molecule has 0 atom stereocenters. The van der Waals surface area contributed by atoms with E-state index in [9.17, 15) is 0 Å². The molecule has 1 rings (SSSR count). The Hall–Kier alpha value is -0.500. The molecule has 1 saturated heterocycles. The molecule has 6 heteroatoms. The average Bonchev–Trinajstić information content (AvgIpc) is 2.50. The zero-order valence-electron chi connectivity index (χ0n) is 12.5. The molecule has 0 aromatic heterocycles. The second-order valence-corrected chi connectivity index (χ2v) is 5.36. The Labute approximate surface area is 120 Å². The van der Waals surface area contributed by atoms with Crippen molar-refractivity contribution < 1.29 is 29.9 Å². The van der Waals surface area contributed by atoms with Crippen molar-refractivity contribution in [3.05, 3.63) is 12.2 Å². The van der Waals surface area contributed by atoms with Crippen LogP contribution < -0.4 is 0 Å². The lowest BCUT2D eigenvalue weighted by molar-refractivity contribution is -0.176. The molecule has 0 spiro atoms. The minimum absolute atomic E-state index is 0.127. The lowest BCUT2D eigenvalue weighted by Gasteiger charge is -2.33. The van der Waals surface area contributed by atoms with Gasteiger partial charge in [-0.2, -0.15) is 0 Å². The summed E-state index contributed by atoms with van der Waals surface area (Å²) in [7, 11) is 0. The lowest BCUT2D eigenvalue weighted by atomic mass is 9.84. The number of ether oxygens (including phenoxy) is 2. The topological polar surface area (TPSA) is 99.4 Å². The third-order valence-corrected chi connectivity index (χ3v) is 3.88. The van der Waals surface area contributed by atoms with Gasteiger partial charge in [0.2, 0.25) is 0 Å². The predicted octanol–water partition coefficient (Wildman–Crippen LogP) is -0.0948. The maximum Gasteiger partial charge on any atom is 0.146 e. The average molecular weight is 292 g/mol. The molecule has 0 amide bonds. The molecule has 1 heterocycles. The fourth-order valence-electron chi connectivity index (χ4n) is 1.58. The summed E-state index contributed by atoms with van der Waals surface area (Å²) in [5.41, 5.74) is -0.432. The Morgan fingerprint density at radius 2 is 1.55 bits per heavy atom. The SMILES string of the molecule is C=C(C)C(CO)(CO)CO.CCC1(CO)COCOC1. The Kier molecular flexibility index (Phi) is 9.20. The highest BCUT2D eigenvalue weighted by Gasteiger charge is 2.31. The van der Waals surface area contributed by atoms with Crippen molar-refractivity contribution in [3.63, 3.8) is 0 Å². The van der Waals surface area contributed by atoms with Gasteiger partial charge < -0.3 is 29.9 Å². The highest BCUT2D eigenvalue weighted by molar-refractivity contribution is 5.07. The van der Waals surface area contributed by atoms with Crippen LogP contribution in [-0.2, 0) is 9.47 Å². The molecule has 1 aliphatic rings. The van der Waals surface area contributed by atoms with Gasteiger partial charge in [-0.15, -0.1) is 0 Å². The first-order valence-electron chi connectivity index (χ1n) is 6.71. The van der Waals surface area contributed by atoms with E-state index in [1.54, 1.807) is 6.92 Å². The van der Waals surface area contributed by atoms with E-state index in [4.69, 9.17) is 29.9 Å². The lowest BCUT2D eigenvalue weighted by Crippen LogP contribution is -2.39. The van der Waals surface area contributed by atoms with Gasteiger partial charge in [-0.05, 0) is 13.3 Å². The zero-order valence-corrected chi connectivity index (χ0v) is 12.5. The molecule has 1 fully saturated rings. The molecule has 0 bridgehead atoms. The summed E-state index contributed by atoms with van der Waals surface area (Å²) in [4.78, 5) is 0. The van der Waals surface area contributed by atoms with Gasteiger partial charge in [-0.1, -0.05) is 19.1 Å². The van der Waals surface area contributed by atoms with Crippen molar-refractivity contribution in [1.82, 2.24) is 0 Å². The van der Waals surface area contributed by atoms with Crippen LogP contribution in [0.5, 0.6) is 0 Å². The zero-order chi connectivity index (χ0) is 15.6. The molecule has 0 unspecified atom stereocenters. The van der Waals surface area contributed by atoms with Gasteiger partial charge in [-0.3, -0.25) is 0 Å². The molecule has 0 aromatic rings. The smallest absolute Gasteiger partial charge is 0.146 e. The fraction of sp³-hybridized carbons (Fsp3) is 0.857. The second-order valence-electron chi connectivity index (χ2n) is 5.36. The molecule has 0 saturated carbocycles. The number of aliphatic hydroxyl groups excluding tert-OH is 4. The van der Waals surface area contributed by atoms with E-state index < -0.39 is 5.41 Å². The summed E-state index contributed by atoms with van der Waals surface area (Å²) in [5.74, 6) is 0. The van der Waals surface area contributed by atoms with Crippen LogP contribution in [0.15, 0.2) is 12.2 Å². The number of rotatable bonds is 6. The van der Waals surface area contributed by atoms with Crippen LogP contribution >= 0.6 is 0 Å². The standard InChI is InChI=1S/2C7H14O3/c1-2-7(3-8)4-9-6-10-5-7;1-6(2)7(3-8,4-9)5-10/h8H,2-6H2,1H3;8-10H,1,3-5H2,2H3. The van der Waals surface area contributed by atoms with Crippen LogP contribution in [0.2, 0.25) is 0 Å². The molecule has 120 valence electrons. The maximum atomic E-state index is 8.98. The first kappa shape index (κ1) is 19.5. The van der Waals surface area contributed by atoms with Gasteiger partial charge in [0.05, 0.1) is 45.1 Å². The summed E-state index contributed by atoms with van der Waals surface area (Å²) in [6.07, 6.45) is 0.906. The molecule has 20 heavy (non-hydrogen) atoms. The van der Waals surface area contributed by atoms with E-state index >= 15 is 0 Å². The maximum absolute atomic E-state index is 8.98. The molecule has 0 aromatic carbocycles. The minimum atomic E-state index is -0.903. The van der Waals surface area contributed by atoms with Crippen LogP contribution in [0.25, 0.3) is 0 Å². The molecule has 4 N–H and O–H groups in total. The molecule has 0 aliphatic carbocycles. The molecule has 6 nitrogen and oxygen atoms in total. The highest BCUT2D eigenvalue weighted by Crippen LogP contribution is 2.25. The number of aliphatic hydroxyl groups is 4. The summed E-state index contributed by atoms with van der Waals surface area (Å²) < 4.78 is 10.2. The van der Waals surface area contributed by atoms with Crippen LogP contribution in [0.1, 0.15) is 20.3 Å². The summed E-state index contributed by atoms with van der Waals surface area (Å²) in [5, 5.41) is 35.3. The third kappa shape index (κ3) is 5.12. The van der Waals surface area contributed by atoms with Crippen LogP contribution in [0, 0.1) is 10.8 Å². The van der Waals surface area contributed by atoms with Crippen molar-refractivity contribution in [2.45, 2.75) is 20.3 Å². The van der Waals surface area contributed by atoms with Crippen LogP contribution in [0.3, 0.4) is 0 Å². The molecular weight excluding hydrogens is 264 g/mol. The van der Waals surface area contributed by atoms with Gasteiger partial charge in [0.15, 0.2) is 0 Å². The van der Waals surface area contributed by atoms with E-state index in [1.165, 1.54) is 0 Å². The fourth-order valence-corrected chi connectivity index (χ4v) is 1.58. The Bertz CT molecular complexity index is 255. The summed E-state index contributed by atoms with van der Waals surface area (Å²) in [6, 6.07) is 0. The quantitative estimate of drug-likeness (QED) is 0.510. The minimum Gasteiger partial charge on any atom is -0.396 e. The van der Waals surface area contributed by atoms with Gasteiger partial charge >= 0.3 is 0 Å². The van der Waals surface area contributed by atoms with Crippen LogP contribution in [-0.4, -0.2) is 66.9 Å². The van der Waals surface area contributed by atoms with E-state index in [-0.39, 0.29) is 31.8 Å².